The van der Waals surface area contributed by atoms with Crippen molar-refractivity contribution in [2.75, 3.05) is 17.3 Å². The molecule has 5 rings (SSSR count). The Morgan fingerprint density at radius 3 is 2.89 bits per heavy atom. The number of benzene rings is 1. The van der Waals surface area contributed by atoms with Crippen LogP contribution in [0, 0.1) is 5.92 Å². The van der Waals surface area contributed by atoms with Crippen molar-refractivity contribution in [1.29, 1.82) is 0 Å². The monoisotopic (exact) mass is 385 g/mol. The molecule has 1 saturated carbocycles. The molecule has 1 N–H and O–H groups in total. The van der Waals surface area contributed by atoms with Crippen molar-refractivity contribution in [3.63, 3.8) is 0 Å². The summed E-state index contributed by atoms with van der Waals surface area (Å²) in [5.41, 5.74) is 2.58. The van der Waals surface area contributed by atoms with E-state index in [1.54, 1.807) is 18.3 Å². The van der Waals surface area contributed by atoms with Crippen LogP contribution in [0.25, 0.3) is 11.0 Å². The number of nitrogens with one attached hydrogen (secondary N) is 1. The number of hydrogen-bond donors (Lipinski definition) is 1. The van der Waals surface area contributed by atoms with E-state index in [9.17, 15) is 13.6 Å². The smallest absolute Gasteiger partial charge is 0.423 e. The van der Waals surface area contributed by atoms with E-state index in [0.717, 1.165) is 22.5 Å². The first-order valence-corrected chi connectivity index (χ1v) is 8.98. The van der Waals surface area contributed by atoms with Crippen LogP contribution in [-0.4, -0.2) is 33.6 Å². The Morgan fingerprint density at radius 2 is 2.11 bits per heavy atom. The molecule has 0 atom stereocenters. The average molecular weight is 385 g/mol. The number of fused-ring (bicyclic) bond motifs is 2. The number of pyridine rings is 1. The van der Waals surface area contributed by atoms with Crippen molar-refractivity contribution in [2.45, 2.75) is 25.5 Å². The Labute approximate surface area is 158 Å². The van der Waals surface area contributed by atoms with Gasteiger partial charge >= 0.3 is 12.0 Å². The third kappa shape index (κ3) is 2.83. The molecule has 1 aliphatic carbocycles. The first kappa shape index (κ1) is 16.9. The molecule has 3 heterocycles. The highest BCUT2D eigenvalue weighted by Gasteiger charge is 2.49. The van der Waals surface area contributed by atoms with Gasteiger partial charge < -0.3 is 19.5 Å². The van der Waals surface area contributed by atoms with Gasteiger partial charge in [-0.05, 0) is 30.9 Å². The topological polar surface area (TPSA) is 72.3 Å². The quantitative estimate of drug-likeness (QED) is 0.744. The number of carbonyl (C=O) groups excluding carboxylic acids is 1. The molecule has 2 aromatic heterocycles. The molecule has 0 bridgehead atoms. The lowest BCUT2D eigenvalue weighted by Crippen LogP contribution is -2.48. The normalized spacial score (nSPS) is 18.1. The molecule has 1 aliphatic heterocycles. The average Bonchev–Trinajstić information content (AvgIpc) is 3.39. The van der Waals surface area contributed by atoms with E-state index in [1.165, 1.54) is 26.0 Å². The number of carbonyl (C=O) groups is 1. The highest BCUT2D eigenvalue weighted by Crippen LogP contribution is 2.40. The molecular formula is C19H17F2N5O2. The Morgan fingerprint density at radius 1 is 1.29 bits per heavy atom. The molecule has 1 aromatic carbocycles. The number of rotatable bonds is 4. The van der Waals surface area contributed by atoms with Crippen LogP contribution >= 0.6 is 0 Å². The van der Waals surface area contributed by atoms with Crippen molar-refractivity contribution in [3.8, 4) is 5.75 Å². The van der Waals surface area contributed by atoms with E-state index >= 15 is 0 Å². The summed E-state index contributed by atoms with van der Waals surface area (Å²) in [6.45, 7) is 0.933. The number of nitrogens with zero attached hydrogens (tertiary/aromatic N) is 4. The summed E-state index contributed by atoms with van der Waals surface area (Å²) in [7, 11) is 1.29. The van der Waals surface area contributed by atoms with Gasteiger partial charge in [-0.2, -0.15) is 8.78 Å². The minimum absolute atomic E-state index is 0.0723. The summed E-state index contributed by atoms with van der Waals surface area (Å²) in [6.07, 6.45) is 2.10. The van der Waals surface area contributed by atoms with E-state index in [0.29, 0.717) is 17.4 Å². The largest absolute Gasteiger partial charge is 0.482 e. The lowest BCUT2D eigenvalue weighted by molar-refractivity contribution is -0.192. The molecule has 0 saturated heterocycles. The molecule has 9 heteroatoms. The van der Waals surface area contributed by atoms with Gasteiger partial charge in [-0.1, -0.05) is 0 Å². The highest BCUT2D eigenvalue weighted by atomic mass is 19.3. The predicted molar refractivity (Wildman–Crippen MR) is 99.0 cm³/mol. The van der Waals surface area contributed by atoms with E-state index in [2.05, 4.69) is 24.6 Å². The third-order valence-electron chi connectivity index (χ3n) is 5.04. The van der Waals surface area contributed by atoms with Gasteiger partial charge in [0, 0.05) is 31.4 Å². The van der Waals surface area contributed by atoms with Crippen LogP contribution < -0.4 is 15.0 Å². The number of amides is 1. The second kappa shape index (κ2) is 5.88. The summed E-state index contributed by atoms with van der Waals surface area (Å²) in [5, 5.41) is 3.10. The maximum atomic E-state index is 13.7. The molecule has 7 nitrogen and oxygen atoms in total. The minimum atomic E-state index is -3.88. The summed E-state index contributed by atoms with van der Waals surface area (Å²) in [5.74, 6) is -0.188. The maximum absolute atomic E-state index is 13.7. The van der Waals surface area contributed by atoms with E-state index in [1.807, 2.05) is 12.4 Å². The van der Waals surface area contributed by atoms with Gasteiger partial charge in [-0.3, -0.25) is 4.79 Å². The molecule has 28 heavy (non-hydrogen) atoms. The molecule has 1 amide bonds. The van der Waals surface area contributed by atoms with Crippen LogP contribution in [0.15, 0.2) is 36.8 Å². The molecule has 0 radical (unpaired) electrons. The fraction of sp³-hybridized carbons (Fsp3) is 0.316. The van der Waals surface area contributed by atoms with Crippen LogP contribution in [-0.2, 0) is 11.3 Å². The van der Waals surface area contributed by atoms with Gasteiger partial charge in [-0.15, -0.1) is 0 Å². The zero-order valence-electron chi connectivity index (χ0n) is 15.0. The summed E-state index contributed by atoms with van der Waals surface area (Å²) in [4.78, 5) is 21.2. The zero-order valence-corrected chi connectivity index (χ0v) is 15.0. The second-order valence-electron chi connectivity index (χ2n) is 7.19. The van der Waals surface area contributed by atoms with Gasteiger partial charge in [0.15, 0.2) is 5.75 Å². The molecule has 144 valence electrons. The number of likely N-dealkylation sites (N-methyl/N-ethyl adjacent to an activating group) is 1. The van der Waals surface area contributed by atoms with Crippen LogP contribution in [0.3, 0.4) is 0 Å². The Hall–Kier alpha value is -3.23. The van der Waals surface area contributed by atoms with Gasteiger partial charge in [0.25, 0.3) is 0 Å². The number of aromatic nitrogens is 3. The van der Waals surface area contributed by atoms with Crippen molar-refractivity contribution in [3.05, 3.63) is 36.8 Å². The van der Waals surface area contributed by atoms with Crippen LogP contribution in [0.4, 0.5) is 26.0 Å². The predicted octanol–water partition coefficient (Wildman–Crippen LogP) is 3.53. The van der Waals surface area contributed by atoms with E-state index in [-0.39, 0.29) is 11.4 Å². The van der Waals surface area contributed by atoms with Gasteiger partial charge in [0.2, 0.25) is 0 Å². The third-order valence-corrected chi connectivity index (χ3v) is 5.04. The lowest BCUT2D eigenvalue weighted by atomic mass is 10.2. The lowest BCUT2D eigenvalue weighted by Gasteiger charge is -2.31. The second-order valence-corrected chi connectivity index (χ2v) is 7.19. The Kier molecular flexibility index (Phi) is 3.55. The van der Waals surface area contributed by atoms with Crippen LogP contribution in [0.5, 0.6) is 5.75 Å². The number of hydrogen-bond acceptors (Lipinski definition) is 5. The zero-order chi connectivity index (χ0) is 19.5. The van der Waals surface area contributed by atoms with Crippen LogP contribution in [0.1, 0.15) is 12.8 Å². The molecule has 1 fully saturated rings. The summed E-state index contributed by atoms with van der Waals surface area (Å²) in [6, 6.07) is 6.55. The first-order chi connectivity index (χ1) is 13.4. The van der Waals surface area contributed by atoms with E-state index in [4.69, 9.17) is 0 Å². The standard InChI is InChI=1S/C19H17F2N5O2/c1-25-14-5-4-12(6-16(14)28-19(20,21)18(25)27)24-17-7-15-13(8-22-17)23-10-26(15)9-11-2-3-11/h4-8,10-11H,2-3,9H2,1H3,(H,22,24). The van der Waals surface area contributed by atoms with E-state index < -0.39 is 12.0 Å². The SMILES string of the molecule is CN1C(=O)C(F)(F)Oc2cc(Nc3cc4c(cn3)ncn4CC3CC3)ccc21. The molecule has 0 unspecified atom stereocenters. The number of alkyl halides is 2. The highest BCUT2D eigenvalue weighted by molar-refractivity contribution is 6.00. The number of imidazole rings is 1. The van der Waals surface area contributed by atoms with Crippen molar-refractivity contribution < 1.29 is 18.3 Å². The fourth-order valence-electron chi connectivity index (χ4n) is 3.34. The van der Waals surface area contributed by atoms with Crippen molar-refractivity contribution >= 4 is 34.1 Å². The molecular weight excluding hydrogens is 368 g/mol. The number of ether oxygens (including phenoxy) is 1. The number of halogens is 2. The summed E-state index contributed by atoms with van der Waals surface area (Å²) >= 11 is 0. The molecule has 2 aliphatic rings. The molecule has 3 aromatic rings. The first-order valence-electron chi connectivity index (χ1n) is 8.98. The molecule has 0 spiro atoms. The maximum Gasteiger partial charge on any atom is 0.482 e. The number of anilines is 3. The van der Waals surface area contributed by atoms with Gasteiger partial charge in [0.1, 0.15) is 11.3 Å². The Balaban J connectivity index is 1.44. The van der Waals surface area contributed by atoms with Gasteiger partial charge in [-0.25, -0.2) is 9.97 Å². The Bertz CT molecular complexity index is 1090. The van der Waals surface area contributed by atoms with Crippen molar-refractivity contribution in [1.82, 2.24) is 14.5 Å². The minimum Gasteiger partial charge on any atom is -0.423 e. The summed E-state index contributed by atoms with van der Waals surface area (Å²) < 4.78 is 34.2. The van der Waals surface area contributed by atoms with Crippen molar-refractivity contribution in [2.24, 2.45) is 5.92 Å². The van der Waals surface area contributed by atoms with Crippen LogP contribution in [0.2, 0.25) is 0 Å². The fourth-order valence-corrected chi connectivity index (χ4v) is 3.34. The van der Waals surface area contributed by atoms with Gasteiger partial charge in [0.05, 0.1) is 23.7 Å².